The number of carbonyl (C=O) groups is 1. The highest BCUT2D eigenvalue weighted by Gasteiger charge is 2.22. The molecule has 1 rings (SSSR count). The van der Waals surface area contributed by atoms with Gasteiger partial charge < -0.3 is 10.4 Å². The van der Waals surface area contributed by atoms with Crippen LogP contribution in [0.1, 0.15) is 44.7 Å². The van der Waals surface area contributed by atoms with Crippen molar-refractivity contribution in [1.82, 2.24) is 5.32 Å². The number of hydrogen-bond acceptors (Lipinski definition) is 2. The lowest BCUT2D eigenvalue weighted by Crippen LogP contribution is -2.41. The van der Waals surface area contributed by atoms with Crippen molar-refractivity contribution < 1.29 is 9.90 Å². The first-order valence-electron chi connectivity index (χ1n) is 7.65. The van der Waals surface area contributed by atoms with Gasteiger partial charge in [0.05, 0.1) is 0 Å². The van der Waals surface area contributed by atoms with Crippen LogP contribution >= 0.6 is 0 Å². The van der Waals surface area contributed by atoms with E-state index >= 15 is 0 Å². The molecule has 0 radical (unpaired) electrons. The van der Waals surface area contributed by atoms with E-state index in [0.29, 0.717) is 18.4 Å². The number of rotatable bonds is 6. The van der Waals surface area contributed by atoms with Crippen molar-refractivity contribution in [1.29, 1.82) is 0 Å². The van der Waals surface area contributed by atoms with Crippen molar-refractivity contribution in [2.75, 3.05) is 6.61 Å². The van der Waals surface area contributed by atoms with E-state index in [2.05, 4.69) is 11.9 Å². The maximum atomic E-state index is 12.8. The van der Waals surface area contributed by atoms with Crippen molar-refractivity contribution in [2.24, 2.45) is 0 Å². The number of nitrogens with one attached hydrogen (secondary N) is 1. The van der Waals surface area contributed by atoms with Crippen molar-refractivity contribution >= 4 is 11.5 Å². The Balaban J connectivity index is 3.38. The molecular weight excluding hydrogens is 274 g/mol. The molecule has 0 atom stereocenters. The molecule has 0 saturated carbocycles. The predicted octanol–water partition coefficient (Wildman–Crippen LogP) is 3.62. The van der Waals surface area contributed by atoms with Gasteiger partial charge in [-0.2, -0.15) is 0 Å². The largest absolute Gasteiger partial charge is 0.396 e. The summed E-state index contributed by atoms with van der Waals surface area (Å²) in [6, 6.07) is 7.83. The smallest absolute Gasteiger partial charge is 0.252 e. The van der Waals surface area contributed by atoms with E-state index in [9.17, 15) is 4.79 Å². The second-order valence-electron chi connectivity index (χ2n) is 6.45. The van der Waals surface area contributed by atoms with Crippen LogP contribution in [0.4, 0.5) is 0 Å². The van der Waals surface area contributed by atoms with Gasteiger partial charge in [0.25, 0.3) is 5.91 Å². The lowest BCUT2D eigenvalue weighted by Gasteiger charge is -2.23. The number of amides is 1. The van der Waals surface area contributed by atoms with E-state index in [1.165, 1.54) is 0 Å². The second kappa shape index (κ2) is 7.95. The molecule has 0 heterocycles. The fourth-order valence-electron chi connectivity index (χ4n) is 2.30. The molecule has 0 saturated heterocycles. The van der Waals surface area contributed by atoms with Crippen LogP contribution in [-0.2, 0) is 4.79 Å². The highest BCUT2D eigenvalue weighted by Crippen LogP contribution is 2.26. The Bertz CT molecular complexity index is 565. The summed E-state index contributed by atoms with van der Waals surface area (Å²) in [5.41, 5.74) is 3.16. The molecular formula is C19H27NO2. The summed E-state index contributed by atoms with van der Waals surface area (Å²) in [4.78, 5) is 12.8. The number of hydrogen-bond donors (Lipinski definition) is 2. The second-order valence-corrected chi connectivity index (χ2v) is 6.45. The zero-order chi connectivity index (χ0) is 16.8. The number of aliphatic hydroxyl groups is 1. The normalized spacial score (nSPS) is 12.6. The standard InChI is InChI=1S/C19H27NO2/c1-6-15(11-9-13-21)17(18(22)20-19(3,4)5)16-12-8-7-10-14(16)2/h6-8,10,12,21H,1,9,11,13H2,2-5H3,(H,20,22)/b17-15-. The maximum absolute atomic E-state index is 12.8. The third kappa shape index (κ3) is 5.15. The first-order chi connectivity index (χ1) is 10.3. The molecule has 3 heteroatoms. The summed E-state index contributed by atoms with van der Waals surface area (Å²) < 4.78 is 0. The lowest BCUT2D eigenvalue weighted by atomic mass is 9.92. The molecule has 120 valence electrons. The number of allylic oxidation sites excluding steroid dienone is 2. The number of benzene rings is 1. The third-order valence-electron chi connectivity index (χ3n) is 3.30. The van der Waals surface area contributed by atoms with E-state index in [1.807, 2.05) is 52.0 Å². The monoisotopic (exact) mass is 301 g/mol. The van der Waals surface area contributed by atoms with Crippen LogP contribution in [0.25, 0.3) is 5.57 Å². The van der Waals surface area contributed by atoms with Crippen LogP contribution in [0.5, 0.6) is 0 Å². The van der Waals surface area contributed by atoms with Crippen LogP contribution < -0.4 is 5.32 Å². The molecule has 22 heavy (non-hydrogen) atoms. The topological polar surface area (TPSA) is 49.3 Å². The molecule has 2 N–H and O–H groups in total. The first-order valence-corrected chi connectivity index (χ1v) is 7.65. The Morgan fingerprint density at radius 3 is 2.45 bits per heavy atom. The Kier molecular flexibility index (Phi) is 6.57. The molecule has 0 aliphatic heterocycles. The van der Waals surface area contributed by atoms with Gasteiger partial charge in [-0.1, -0.05) is 36.9 Å². The van der Waals surface area contributed by atoms with E-state index < -0.39 is 0 Å². The minimum atomic E-state index is -0.311. The van der Waals surface area contributed by atoms with Crippen LogP contribution in [0, 0.1) is 6.92 Å². The van der Waals surface area contributed by atoms with Crippen LogP contribution in [0.2, 0.25) is 0 Å². The quantitative estimate of drug-likeness (QED) is 0.623. The number of carbonyl (C=O) groups excluding carboxylic acids is 1. The molecule has 0 aliphatic carbocycles. The maximum Gasteiger partial charge on any atom is 0.252 e. The summed E-state index contributed by atoms with van der Waals surface area (Å²) >= 11 is 0. The van der Waals surface area contributed by atoms with Gasteiger partial charge in [-0.05, 0) is 57.2 Å². The van der Waals surface area contributed by atoms with Gasteiger partial charge in [-0.3, -0.25) is 4.79 Å². The van der Waals surface area contributed by atoms with Gasteiger partial charge in [-0.15, -0.1) is 0 Å². The zero-order valence-corrected chi connectivity index (χ0v) is 14.1. The highest BCUT2D eigenvalue weighted by atomic mass is 16.2. The van der Waals surface area contributed by atoms with Gasteiger partial charge in [0.15, 0.2) is 0 Å². The van der Waals surface area contributed by atoms with Gasteiger partial charge in [-0.25, -0.2) is 0 Å². The molecule has 0 spiro atoms. The Morgan fingerprint density at radius 1 is 1.32 bits per heavy atom. The van der Waals surface area contributed by atoms with Crippen LogP contribution in [-0.4, -0.2) is 23.2 Å². The Labute approximate surface area is 133 Å². The minimum absolute atomic E-state index is 0.0965. The molecule has 1 aromatic rings. The predicted molar refractivity (Wildman–Crippen MR) is 92.5 cm³/mol. The molecule has 0 unspecified atom stereocenters. The van der Waals surface area contributed by atoms with Crippen LogP contribution in [0.3, 0.4) is 0 Å². The van der Waals surface area contributed by atoms with Crippen molar-refractivity contribution in [2.45, 2.75) is 46.1 Å². The Morgan fingerprint density at radius 2 is 1.95 bits per heavy atom. The van der Waals surface area contributed by atoms with E-state index in [1.54, 1.807) is 6.08 Å². The summed E-state index contributed by atoms with van der Waals surface area (Å²) in [6.07, 6.45) is 2.96. The van der Waals surface area contributed by atoms with Crippen LogP contribution in [0.15, 0.2) is 42.5 Å². The highest BCUT2D eigenvalue weighted by molar-refractivity contribution is 6.21. The van der Waals surface area contributed by atoms with Crippen molar-refractivity contribution in [3.63, 3.8) is 0 Å². The zero-order valence-electron chi connectivity index (χ0n) is 14.1. The number of aryl methyl sites for hydroxylation is 1. The lowest BCUT2D eigenvalue weighted by molar-refractivity contribution is -0.116. The fraction of sp³-hybridized carbons (Fsp3) is 0.421. The summed E-state index contributed by atoms with van der Waals surface area (Å²) in [7, 11) is 0. The van der Waals surface area contributed by atoms with Crippen molar-refractivity contribution in [3.8, 4) is 0 Å². The molecule has 0 aliphatic rings. The molecule has 0 bridgehead atoms. The van der Waals surface area contributed by atoms with E-state index in [-0.39, 0.29) is 18.1 Å². The average Bonchev–Trinajstić information content (AvgIpc) is 2.42. The molecule has 1 amide bonds. The third-order valence-corrected chi connectivity index (χ3v) is 3.30. The molecule has 0 aromatic heterocycles. The van der Waals surface area contributed by atoms with Gasteiger partial charge in [0, 0.05) is 17.7 Å². The summed E-state index contributed by atoms with van der Waals surface area (Å²) in [6.45, 7) is 11.8. The number of aliphatic hydroxyl groups excluding tert-OH is 1. The van der Waals surface area contributed by atoms with Gasteiger partial charge in [0.2, 0.25) is 0 Å². The fourth-order valence-corrected chi connectivity index (χ4v) is 2.30. The molecule has 1 aromatic carbocycles. The Hall–Kier alpha value is -1.87. The van der Waals surface area contributed by atoms with E-state index in [4.69, 9.17) is 5.11 Å². The summed E-state index contributed by atoms with van der Waals surface area (Å²) in [5.74, 6) is -0.102. The van der Waals surface area contributed by atoms with Gasteiger partial charge >= 0.3 is 0 Å². The van der Waals surface area contributed by atoms with E-state index in [0.717, 1.165) is 16.7 Å². The average molecular weight is 301 g/mol. The first kappa shape index (κ1) is 18.2. The summed E-state index contributed by atoms with van der Waals surface area (Å²) in [5, 5.41) is 12.1. The van der Waals surface area contributed by atoms with Crippen molar-refractivity contribution in [3.05, 3.63) is 53.6 Å². The minimum Gasteiger partial charge on any atom is -0.396 e. The SMILES string of the molecule is C=C/C(CCCO)=C(/C(=O)NC(C)(C)C)c1ccccc1C. The molecule has 3 nitrogen and oxygen atoms in total. The molecule has 0 fully saturated rings. The van der Waals surface area contributed by atoms with Gasteiger partial charge in [0.1, 0.15) is 0 Å².